The summed E-state index contributed by atoms with van der Waals surface area (Å²) in [5.74, 6) is -0.902. The first-order valence-corrected chi connectivity index (χ1v) is 7.59. The Hall–Kier alpha value is -1.30. The van der Waals surface area contributed by atoms with Gasteiger partial charge < -0.3 is 20.2 Å². The number of carbonyl (C=O) groups excluding carboxylic acids is 1. The van der Waals surface area contributed by atoms with E-state index in [9.17, 15) is 9.59 Å². The van der Waals surface area contributed by atoms with Crippen LogP contribution in [-0.4, -0.2) is 65.7 Å². The lowest BCUT2D eigenvalue weighted by Crippen LogP contribution is -2.52. The van der Waals surface area contributed by atoms with E-state index < -0.39 is 12.0 Å². The average Bonchev–Trinajstić information content (AvgIpc) is 2.46. The molecule has 0 aromatic carbocycles. The highest BCUT2D eigenvalue weighted by atomic mass is 16.4. The van der Waals surface area contributed by atoms with Crippen molar-refractivity contribution in [2.75, 3.05) is 32.7 Å². The third-order valence-electron chi connectivity index (χ3n) is 3.74. The minimum absolute atomic E-state index is 0.246. The van der Waals surface area contributed by atoms with Gasteiger partial charge in [0.1, 0.15) is 6.04 Å². The molecule has 2 N–H and O–H groups in total. The molecule has 0 aliphatic carbocycles. The van der Waals surface area contributed by atoms with Gasteiger partial charge in [0.2, 0.25) is 0 Å². The Labute approximate surface area is 121 Å². The van der Waals surface area contributed by atoms with Gasteiger partial charge in [-0.1, -0.05) is 13.8 Å². The number of piperidine rings is 1. The summed E-state index contributed by atoms with van der Waals surface area (Å²) in [7, 11) is 0. The lowest BCUT2D eigenvalue weighted by molar-refractivity contribution is -0.143. The van der Waals surface area contributed by atoms with Gasteiger partial charge >= 0.3 is 12.0 Å². The molecule has 1 unspecified atom stereocenters. The number of rotatable bonds is 7. The number of carboxylic acid groups (broad SMARTS) is 1. The number of carbonyl (C=O) groups is 2. The molecule has 1 rings (SSSR count). The molecule has 1 saturated heterocycles. The van der Waals surface area contributed by atoms with Crippen LogP contribution in [0.25, 0.3) is 0 Å². The predicted molar refractivity (Wildman–Crippen MR) is 77.8 cm³/mol. The molecular weight excluding hydrogens is 258 g/mol. The SMILES string of the molecule is CCCN(CC)CCNC(=O)N1CCCCC1C(=O)O. The number of likely N-dealkylation sites (N-methyl/N-ethyl adjacent to an activating group) is 1. The minimum Gasteiger partial charge on any atom is -0.480 e. The van der Waals surface area contributed by atoms with Gasteiger partial charge in [0.05, 0.1) is 0 Å². The standard InChI is InChI=1S/C14H27N3O3/c1-3-9-16(4-2)11-8-15-14(20)17-10-6-5-7-12(17)13(18)19/h12H,3-11H2,1-2H3,(H,15,20)(H,18,19). The predicted octanol–water partition coefficient (Wildman–Crippen LogP) is 1.37. The number of nitrogens with zero attached hydrogens (tertiary/aromatic N) is 2. The summed E-state index contributed by atoms with van der Waals surface area (Å²) in [4.78, 5) is 27.0. The van der Waals surface area contributed by atoms with Gasteiger partial charge in [-0.05, 0) is 38.8 Å². The Kier molecular flexibility index (Phi) is 7.36. The number of nitrogens with one attached hydrogen (secondary N) is 1. The van der Waals surface area contributed by atoms with Gasteiger partial charge in [0, 0.05) is 19.6 Å². The molecule has 0 radical (unpaired) electrons. The van der Waals surface area contributed by atoms with Crippen molar-refractivity contribution in [2.45, 2.75) is 45.6 Å². The Morgan fingerprint density at radius 3 is 2.65 bits per heavy atom. The van der Waals surface area contributed by atoms with E-state index in [0.29, 0.717) is 19.5 Å². The van der Waals surface area contributed by atoms with Crippen LogP contribution in [0.5, 0.6) is 0 Å². The van der Waals surface area contributed by atoms with Crippen molar-refractivity contribution < 1.29 is 14.7 Å². The fraction of sp³-hybridized carbons (Fsp3) is 0.857. The largest absolute Gasteiger partial charge is 0.480 e. The Morgan fingerprint density at radius 1 is 1.30 bits per heavy atom. The van der Waals surface area contributed by atoms with Crippen LogP contribution in [0, 0.1) is 0 Å². The maximum absolute atomic E-state index is 12.1. The van der Waals surface area contributed by atoms with E-state index >= 15 is 0 Å². The Bertz CT molecular complexity index is 323. The second-order valence-electron chi connectivity index (χ2n) is 5.21. The molecule has 0 aromatic rings. The first-order valence-electron chi connectivity index (χ1n) is 7.59. The van der Waals surface area contributed by atoms with E-state index in [2.05, 4.69) is 24.1 Å². The van der Waals surface area contributed by atoms with Crippen LogP contribution in [0.3, 0.4) is 0 Å². The number of carboxylic acids is 1. The van der Waals surface area contributed by atoms with Crippen molar-refractivity contribution in [3.8, 4) is 0 Å². The summed E-state index contributed by atoms with van der Waals surface area (Å²) >= 11 is 0. The van der Waals surface area contributed by atoms with Crippen LogP contribution in [-0.2, 0) is 4.79 Å². The summed E-state index contributed by atoms with van der Waals surface area (Å²) in [6.07, 6.45) is 3.41. The lowest BCUT2D eigenvalue weighted by Gasteiger charge is -2.33. The molecule has 1 atom stereocenters. The fourth-order valence-electron chi connectivity index (χ4n) is 2.60. The number of likely N-dealkylation sites (tertiary alicyclic amines) is 1. The molecule has 1 aliphatic rings. The van der Waals surface area contributed by atoms with E-state index in [1.807, 2.05) is 0 Å². The van der Waals surface area contributed by atoms with Gasteiger partial charge in [0.25, 0.3) is 0 Å². The number of hydrogen-bond acceptors (Lipinski definition) is 3. The molecule has 1 aliphatic heterocycles. The van der Waals surface area contributed by atoms with Crippen LogP contribution in [0.1, 0.15) is 39.5 Å². The molecule has 6 heteroatoms. The van der Waals surface area contributed by atoms with Crippen LogP contribution >= 0.6 is 0 Å². The maximum atomic E-state index is 12.1. The molecule has 2 amide bonds. The zero-order chi connectivity index (χ0) is 15.0. The zero-order valence-electron chi connectivity index (χ0n) is 12.6. The molecule has 0 spiro atoms. The second kappa shape index (κ2) is 8.79. The van der Waals surface area contributed by atoms with E-state index in [1.165, 1.54) is 4.90 Å². The van der Waals surface area contributed by atoms with Gasteiger partial charge in [0.15, 0.2) is 0 Å². The normalized spacial score (nSPS) is 19.1. The number of urea groups is 1. The molecule has 1 heterocycles. The van der Waals surface area contributed by atoms with Crippen LogP contribution < -0.4 is 5.32 Å². The van der Waals surface area contributed by atoms with E-state index in [4.69, 9.17) is 5.11 Å². The van der Waals surface area contributed by atoms with E-state index in [0.717, 1.165) is 38.9 Å². The highest BCUT2D eigenvalue weighted by Crippen LogP contribution is 2.17. The average molecular weight is 285 g/mol. The fourth-order valence-corrected chi connectivity index (χ4v) is 2.60. The second-order valence-corrected chi connectivity index (χ2v) is 5.21. The molecular formula is C14H27N3O3. The van der Waals surface area contributed by atoms with Crippen LogP contribution in [0.4, 0.5) is 4.79 Å². The van der Waals surface area contributed by atoms with Gasteiger partial charge in [-0.15, -0.1) is 0 Å². The number of aliphatic carboxylic acids is 1. The monoisotopic (exact) mass is 285 g/mol. The Morgan fingerprint density at radius 2 is 2.05 bits per heavy atom. The summed E-state index contributed by atoms with van der Waals surface area (Å²) in [5, 5.41) is 12.0. The molecule has 1 fully saturated rings. The smallest absolute Gasteiger partial charge is 0.326 e. The van der Waals surface area contributed by atoms with Crippen molar-refractivity contribution in [1.82, 2.24) is 15.1 Å². The van der Waals surface area contributed by atoms with Crippen molar-refractivity contribution in [2.24, 2.45) is 0 Å². The maximum Gasteiger partial charge on any atom is 0.326 e. The Balaban J connectivity index is 2.38. The van der Waals surface area contributed by atoms with Crippen molar-refractivity contribution in [3.63, 3.8) is 0 Å². The van der Waals surface area contributed by atoms with Crippen molar-refractivity contribution >= 4 is 12.0 Å². The minimum atomic E-state index is -0.902. The van der Waals surface area contributed by atoms with Gasteiger partial charge in [-0.2, -0.15) is 0 Å². The summed E-state index contributed by atoms with van der Waals surface area (Å²) in [6.45, 7) is 8.13. The van der Waals surface area contributed by atoms with Crippen molar-refractivity contribution in [1.29, 1.82) is 0 Å². The first-order chi connectivity index (χ1) is 9.60. The molecule has 0 aromatic heterocycles. The molecule has 6 nitrogen and oxygen atoms in total. The number of hydrogen-bond donors (Lipinski definition) is 2. The third kappa shape index (κ3) is 5.00. The summed E-state index contributed by atoms with van der Waals surface area (Å²) in [6, 6.07) is -0.911. The van der Waals surface area contributed by atoms with E-state index in [1.54, 1.807) is 0 Å². The molecule has 0 saturated carbocycles. The quantitative estimate of drug-likeness (QED) is 0.741. The van der Waals surface area contributed by atoms with Crippen molar-refractivity contribution in [3.05, 3.63) is 0 Å². The van der Waals surface area contributed by atoms with Crippen LogP contribution in [0.2, 0.25) is 0 Å². The lowest BCUT2D eigenvalue weighted by atomic mass is 10.0. The van der Waals surface area contributed by atoms with E-state index in [-0.39, 0.29) is 6.03 Å². The summed E-state index contributed by atoms with van der Waals surface area (Å²) in [5.41, 5.74) is 0. The molecule has 20 heavy (non-hydrogen) atoms. The first kappa shape index (κ1) is 16.8. The van der Waals surface area contributed by atoms with Crippen LogP contribution in [0.15, 0.2) is 0 Å². The third-order valence-corrected chi connectivity index (χ3v) is 3.74. The highest BCUT2D eigenvalue weighted by Gasteiger charge is 2.31. The molecule has 116 valence electrons. The highest BCUT2D eigenvalue weighted by molar-refractivity contribution is 5.82. The topological polar surface area (TPSA) is 72.9 Å². The number of amides is 2. The van der Waals surface area contributed by atoms with Gasteiger partial charge in [-0.3, -0.25) is 0 Å². The molecule has 0 bridgehead atoms. The summed E-state index contributed by atoms with van der Waals surface area (Å²) < 4.78 is 0. The van der Waals surface area contributed by atoms with Gasteiger partial charge in [-0.25, -0.2) is 9.59 Å². The zero-order valence-corrected chi connectivity index (χ0v) is 12.6.